The molecular weight excluding hydrogens is 310 g/mol. The summed E-state index contributed by atoms with van der Waals surface area (Å²) in [6, 6.07) is 10.5. The minimum Gasteiger partial charge on any atom is -0.304 e. The normalized spacial score (nSPS) is 12.5. The molecule has 0 radical (unpaired) electrons. The van der Waals surface area contributed by atoms with Crippen molar-refractivity contribution in [2.24, 2.45) is 5.92 Å². The molecule has 3 rings (SSSR count). The Morgan fingerprint density at radius 1 is 1.04 bits per heavy atom. The van der Waals surface area contributed by atoms with Gasteiger partial charge in [-0.15, -0.1) is 0 Å². The Morgan fingerprint density at radius 2 is 1.92 bits per heavy atom. The maximum absolute atomic E-state index is 4.56. The monoisotopic (exact) mass is 335 g/mol. The standard InChI is InChI=1S/C20H25N5/c1-15(2)12-19(18-6-4-5-9-22-18)23-13-17-7-8-20(24-14-17)25-11-10-21-16(25)3/h4-11,14-15,19,23H,12-13H2,1-3H3/t19-/m1/s1. The van der Waals surface area contributed by atoms with Crippen LogP contribution in [0.4, 0.5) is 0 Å². The molecule has 0 aliphatic heterocycles. The van der Waals surface area contributed by atoms with Gasteiger partial charge in [-0.05, 0) is 43.0 Å². The zero-order chi connectivity index (χ0) is 17.6. The quantitative estimate of drug-likeness (QED) is 0.712. The molecule has 3 heterocycles. The molecule has 0 bridgehead atoms. The van der Waals surface area contributed by atoms with Crippen molar-refractivity contribution in [3.63, 3.8) is 0 Å². The van der Waals surface area contributed by atoms with Gasteiger partial charge >= 0.3 is 0 Å². The maximum Gasteiger partial charge on any atom is 0.137 e. The number of rotatable bonds is 7. The van der Waals surface area contributed by atoms with E-state index in [0.717, 1.165) is 35.9 Å². The summed E-state index contributed by atoms with van der Waals surface area (Å²) in [7, 11) is 0. The number of aryl methyl sites for hydroxylation is 1. The van der Waals surface area contributed by atoms with E-state index in [1.54, 1.807) is 6.20 Å². The Bertz CT molecular complexity index is 777. The molecule has 3 aromatic rings. The SMILES string of the molecule is Cc1nccn1-c1ccc(CN[C@H](CC(C)C)c2ccccn2)cn1. The summed E-state index contributed by atoms with van der Waals surface area (Å²) in [6.07, 6.45) is 8.54. The Labute approximate surface area is 149 Å². The molecule has 0 aromatic carbocycles. The molecule has 1 atom stereocenters. The molecule has 0 unspecified atom stereocenters. The third-order valence-corrected chi connectivity index (χ3v) is 4.19. The largest absolute Gasteiger partial charge is 0.304 e. The van der Waals surface area contributed by atoms with Crippen LogP contribution in [0.2, 0.25) is 0 Å². The maximum atomic E-state index is 4.56. The minimum atomic E-state index is 0.247. The fourth-order valence-electron chi connectivity index (χ4n) is 2.89. The lowest BCUT2D eigenvalue weighted by Gasteiger charge is -2.20. The molecule has 130 valence electrons. The number of nitrogens with zero attached hydrogens (tertiary/aromatic N) is 4. The van der Waals surface area contributed by atoms with E-state index in [9.17, 15) is 0 Å². The van der Waals surface area contributed by atoms with Crippen molar-refractivity contribution in [1.82, 2.24) is 24.8 Å². The van der Waals surface area contributed by atoms with Gasteiger partial charge in [0, 0.05) is 37.4 Å². The van der Waals surface area contributed by atoms with Crippen molar-refractivity contribution in [2.45, 2.75) is 39.8 Å². The van der Waals surface area contributed by atoms with Crippen LogP contribution in [0.3, 0.4) is 0 Å². The van der Waals surface area contributed by atoms with Crippen molar-refractivity contribution >= 4 is 0 Å². The Kier molecular flexibility index (Phi) is 5.56. The van der Waals surface area contributed by atoms with Gasteiger partial charge in [-0.3, -0.25) is 9.55 Å². The lowest BCUT2D eigenvalue weighted by molar-refractivity contribution is 0.421. The zero-order valence-corrected chi connectivity index (χ0v) is 15.1. The van der Waals surface area contributed by atoms with Gasteiger partial charge in [0.1, 0.15) is 11.6 Å². The number of hydrogen-bond acceptors (Lipinski definition) is 4. The second kappa shape index (κ2) is 8.03. The molecule has 1 N–H and O–H groups in total. The molecule has 0 saturated heterocycles. The number of pyridine rings is 2. The van der Waals surface area contributed by atoms with Gasteiger partial charge in [0.05, 0.1) is 5.69 Å². The third kappa shape index (κ3) is 4.51. The molecule has 5 nitrogen and oxygen atoms in total. The van der Waals surface area contributed by atoms with Gasteiger partial charge in [-0.1, -0.05) is 26.0 Å². The van der Waals surface area contributed by atoms with Crippen molar-refractivity contribution in [3.8, 4) is 5.82 Å². The van der Waals surface area contributed by atoms with E-state index in [0.29, 0.717) is 5.92 Å². The molecule has 0 amide bonds. The van der Waals surface area contributed by atoms with Crippen LogP contribution in [0.15, 0.2) is 55.1 Å². The van der Waals surface area contributed by atoms with Gasteiger partial charge < -0.3 is 5.32 Å². The predicted octanol–water partition coefficient (Wildman–Crippen LogP) is 3.85. The summed E-state index contributed by atoms with van der Waals surface area (Å²) in [6.45, 7) is 7.22. The Morgan fingerprint density at radius 3 is 2.52 bits per heavy atom. The first-order chi connectivity index (χ1) is 12.1. The summed E-state index contributed by atoms with van der Waals surface area (Å²) in [4.78, 5) is 13.3. The van der Waals surface area contributed by atoms with Crippen LogP contribution in [0.1, 0.15) is 43.4 Å². The highest BCUT2D eigenvalue weighted by Crippen LogP contribution is 2.20. The van der Waals surface area contributed by atoms with E-state index in [1.807, 2.05) is 48.3 Å². The number of imidazole rings is 1. The lowest BCUT2D eigenvalue weighted by Crippen LogP contribution is -2.23. The van der Waals surface area contributed by atoms with E-state index < -0.39 is 0 Å². The number of hydrogen-bond donors (Lipinski definition) is 1. The van der Waals surface area contributed by atoms with Crippen LogP contribution >= 0.6 is 0 Å². The van der Waals surface area contributed by atoms with Crippen molar-refractivity contribution in [3.05, 3.63) is 72.2 Å². The fraction of sp³-hybridized carbons (Fsp3) is 0.350. The highest BCUT2D eigenvalue weighted by Gasteiger charge is 2.14. The molecule has 25 heavy (non-hydrogen) atoms. The summed E-state index contributed by atoms with van der Waals surface area (Å²) in [5, 5.41) is 3.63. The fourth-order valence-corrected chi connectivity index (χ4v) is 2.89. The number of nitrogens with one attached hydrogen (secondary N) is 1. The minimum absolute atomic E-state index is 0.247. The van der Waals surface area contributed by atoms with Gasteiger partial charge in [-0.2, -0.15) is 0 Å². The second-order valence-electron chi connectivity index (χ2n) is 6.69. The lowest BCUT2D eigenvalue weighted by atomic mass is 10.0. The summed E-state index contributed by atoms with van der Waals surface area (Å²) >= 11 is 0. The first-order valence-corrected chi connectivity index (χ1v) is 8.73. The van der Waals surface area contributed by atoms with Crippen LogP contribution in [-0.2, 0) is 6.54 Å². The van der Waals surface area contributed by atoms with Crippen molar-refractivity contribution < 1.29 is 0 Å². The molecule has 0 aliphatic rings. The molecule has 0 fully saturated rings. The zero-order valence-electron chi connectivity index (χ0n) is 15.1. The van der Waals surface area contributed by atoms with E-state index in [-0.39, 0.29) is 6.04 Å². The third-order valence-electron chi connectivity index (χ3n) is 4.19. The van der Waals surface area contributed by atoms with Crippen molar-refractivity contribution in [1.29, 1.82) is 0 Å². The van der Waals surface area contributed by atoms with E-state index in [2.05, 4.69) is 46.2 Å². The predicted molar refractivity (Wildman–Crippen MR) is 99.4 cm³/mol. The van der Waals surface area contributed by atoms with Crippen LogP contribution in [0.5, 0.6) is 0 Å². The van der Waals surface area contributed by atoms with Crippen molar-refractivity contribution in [2.75, 3.05) is 0 Å². The molecule has 0 aliphatic carbocycles. The highest BCUT2D eigenvalue weighted by molar-refractivity contribution is 5.27. The van der Waals surface area contributed by atoms with Gasteiger partial charge in [0.15, 0.2) is 0 Å². The van der Waals surface area contributed by atoms with Gasteiger partial charge in [0.2, 0.25) is 0 Å². The van der Waals surface area contributed by atoms with E-state index >= 15 is 0 Å². The molecule has 3 aromatic heterocycles. The smallest absolute Gasteiger partial charge is 0.137 e. The summed E-state index contributed by atoms with van der Waals surface area (Å²) in [5.74, 6) is 2.43. The average molecular weight is 335 g/mol. The van der Waals surface area contributed by atoms with E-state index in [1.165, 1.54) is 0 Å². The van der Waals surface area contributed by atoms with Gasteiger partial charge in [-0.25, -0.2) is 9.97 Å². The molecule has 0 saturated carbocycles. The first kappa shape index (κ1) is 17.3. The Balaban J connectivity index is 1.67. The van der Waals surface area contributed by atoms with Crippen LogP contribution < -0.4 is 5.32 Å². The summed E-state index contributed by atoms with van der Waals surface area (Å²) < 4.78 is 1.98. The average Bonchev–Trinajstić information content (AvgIpc) is 3.05. The summed E-state index contributed by atoms with van der Waals surface area (Å²) in [5.41, 5.74) is 2.25. The Hall–Kier alpha value is -2.53. The molecule has 0 spiro atoms. The molecular formula is C20H25N5. The van der Waals surface area contributed by atoms with Crippen LogP contribution in [-0.4, -0.2) is 19.5 Å². The molecule has 5 heteroatoms. The van der Waals surface area contributed by atoms with Crippen LogP contribution in [0, 0.1) is 12.8 Å². The van der Waals surface area contributed by atoms with Crippen LogP contribution in [0.25, 0.3) is 5.82 Å². The van der Waals surface area contributed by atoms with Gasteiger partial charge in [0.25, 0.3) is 0 Å². The highest BCUT2D eigenvalue weighted by atomic mass is 15.1. The first-order valence-electron chi connectivity index (χ1n) is 8.73. The second-order valence-corrected chi connectivity index (χ2v) is 6.69. The number of aromatic nitrogens is 4. The topological polar surface area (TPSA) is 55.6 Å². The van der Waals surface area contributed by atoms with E-state index in [4.69, 9.17) is 0 Å².